The number of hydrogen-bond donors (Lipinski definition) is 2. The number of aliphatic imine (C=N–C) groups is 1. The molecule has 0 aliphatic carbocycles. The summed E-state index contributed by atoms with van der Waals surface area (Å²) in [6.07, 6.45) is 3.80. The second kappa shape index (κ2) is 13.5. The molecule has 1 heterocycles. The number of nitrogens with one attached hydrogen (secondary N) is 2. The van der Waals surface area contributed by atoms with Crippen molar-refractivity contribution in [3.05, 3.63) is 70.8 Å². The highest BCUT2D eigenvalue weighted by Gasteiger charge is 2.19. The fourth-order valence-electron chi connectivity index (χ4n) is 3.83. The fraction of sp³-hybridized carbons (Fsp3) is 0.462. The first kappa shape index (κ1) is 26.2. The van der Waals surface area contributed by atoms with Crippen molar-refractivity contribution in [2.24, 2.45) is 4.99 Å². The van der Waals surface area contributed by atoms with Gasteiger partial charge in [-0.05, 0) is 47.4 Å². The fourth-order valence-corrected chi connectivity index (χ4v) is 3.83. The topological polar surface area (TPSA) is 56.7 Å². The second-order valence-electron chi connectivity index (χ2n) is 8.59. The van der Waals surface area contributed by atoms with E-state index in [4.69, 9.17) is 0 Å². The Morgan fingerprint density at radius 3 is 2.25 bits per heavy atom. The molecule has 1 aliphatic heterocycles. The quantitative estimate of drug-likeness (QED) is 0.204. The third kappa shape index (κ3) is 8.11. The van der Waals surface area contributed by atoms with Crippen LogP contribution in [0.5, 0.6) is 0 Å². The van der Waals surface area contributed by atoms with E-state index in [1.165, 1.54) is 22.3 Å². The lowest BCUT2D eigenvalue weighted by Crippen LogP contribution is -2.37. The lowest BCUT2D eigenvalue weighted by Gasteiger charge is -2.16. The molecule has 1 saturated heterocycles. The molecular formula is C26H37IN4O. The number of rotatable bonds is 9. The standard InChI is InChI=1S/C26H36N4O.HI/c1-20(2)24-14-12-21(13-15-24)6-4-16-28-26(27-3)29-18-22-8-10-23(11-9-22)19-30-17-5-7-25(30)31;/h8-15,20H,4-7,16-19H2,1-3H3,(H2,27,28,29);1H. The minimum atomic E-state index is 0. The molecule has 6 heteroatoms. The zero-order valence-electron chi connectivity index (χ0n) is 19.6. The molecule has 0 unspecified atom stereocenters. The molecule has 5 nitrogen and oxygen atoms in total. The van der Waals surface area contributed by atoms with E-state index in [9.17, 15) is 4.79 Å². The van der Waals surface area contributed by atoms with Crippen LogP contribution in [0.25, 0.3) is 0 Å². The van der Waals surface area contributed by atoms with Gasteiger partial charge in [0.25, 0.3) is 0 Å². The Morgan fingerprint density at radius 2 is 1.66 bits per heavy atom. The molecular weight excluding hydrogens is 511 g/mol. The number of hydrogen-bond acceptors (Lipinski definition) is 2. The maximum absolute atomic E-state index is 11.8. The zero-order valence-corrected chi connectivity index (χ0v) is 21.9. The summed E-state index contributed by atoms with van der Waals surface area (Å²) < 4.78 is 0. The SMILES string of the molecule is CN=C(NCCCc1ccc(C(C)C)cc1)NCc1ccc(CN2CCCC2=O)cc1.I. The molecule has 0 atom stereocenters. The van der Waals surface area contributed by atoms with Crippen LogP contribution < -0.4 is 10.6 Å². The summed E-state index contributed by atoms with van der Waals surface area (Å²) in [6, 6.07) is 17.4. The first-order chi connectivity index (χ1) is 15.0. The van der Waals surface area contributed by atoms with E-state index >= 15 is 0 Å². The zero-order chi connectivity index (χ0) is 22.1. The van der Waals surface area contributed by atoms with E-state index in [1.807, 2.05) is 4.90 Å². The molecule has 2 N–H and O–H groups in total. The number of amides is 1. The summed E-state index contributed by atoms with van der Waals surface area (Å²) in [4.78, 5) is 18.0. The molecule has 0 bridgehead atoms. The van der Waals surface area contributed by atoms with Crippen molar-refractivity contribution in [3.63, 3.8) is 0 Å². The molecule has 3 rings (SSSR count). The number of benzene rings is 2. The third-order valence-electron chi connectivity index (χ3n) is 5.83. The van der Waals surface area contributed by atoms with Crippen LogP contribution in [0.4, 0.5) is 0 Å². The van der Waals surface area contributed by atoms with Gasteiger partial charge >= 0.3 is 0 Å². The molecule has 0 saturated carbocycles. The van der Waals surface area contributed by atoms with E-state index in [2.05, 4.69) is 78.0 Å². The van der Waals surface area contributed by atoms with Crippen LogP contribution in [0.2, 0.25) is 0 Å². The van der Waals surface area contributed by atoms with Gasteiger partial charge in [0.1, 0.15) is 0 Å². The highest BCUT2D eigenvalue weighted by molar-refractivity contribution is 14.0. The monoisotopic (exact) mass is 548 g/mol. The Balaban J connectivity index is 0.00000363. The summed E-state index contributed by atoms with van der Waals surface area (Å²) in [5.74, 6) is 1.67. The molecule has 1 amide bonds. The van der Waals surface area contributed by atoms with Gasteiger partial charge in [-0.1, -0.05) is 62.4 Å². The first-order valence-corrected chi connectivity index (χ1v) is 11.4. The van der Waals surface area contributed by atoms with Crippen LogP contribution in [-0.4, -0.2) is 36.9 Å². The maximum Gasteiger partial charge on any atom is 0.222 e. The number of aryl methyl sites for hydroxylation is 1. The van der Waals surface area contributed by atoms with Crippen LogP contribution >= 0.6 is 24.0 Å². The Bertz CT molecular complexity index is 862. The summed E-state index contributed by atoms with van der Waals surface area (Å²) in [7, 11) is 1.80. The van der Waals surface area contributed by atoms with Crippen LogP contribution in [0, 0.1) is 0 Å². The van der Waals surface area contributed by atoms with Gasteiger partial charge < -0.3 is 15.5 Å². The predicted molar refractivity (Wildman–Crippen MR) is 144 cm³/mol. The van der Waals surface area contributed by atoms with Gasteiger partial charge in [-0.2, -0.15) is 0 Å². The molecule has 32 heavy (non-hydrogen) atoms. The third-order valence-corrected chi connectivity index (χ3v) is 5.83. The predicted octanol–water partition coefficient (Wildman–Crippen LogP) is 4.85. The molecule has 2 aromatic rings. The van der Waals surface area contributed by atoms with Crippen molar-refractivity contribution in [1.29, 1.82) is 0 Å². The molecule has 0 aromatic heterocycles. The number of carbonyl (C=O) groups is 1. The molecule has 2 aromatic carbocycles. The molecule has 0 radical (unpaired) electrons. The largest absolute Gasteiger partial charge is 0.356 e. The number of halogens is 1. The van der Waals surface area contributed by atoms with Crippen molar-refractivity contribution in [2.45, 2.75) is 58.5 Å². The maximum atomic E-state index is 11.8. The van der Waals surface area contributed by atoms with Crippen LogP contribution in [0.15, 0.2) is 53.5 Å². The summed E-state index contributed by atoms with van der Waals surface area (Å²) in [5, 5.41) is 6.78. The van der Waals surface area contributed by atoms with Crippen LogP contribution in [0.3, 0.4) is 0 Å². The first-order valence-electron chi connectivity index (χ1n) is 11.4. The highest BCUT2D eigenvalue weighted by Crippen LogP contribution is 2.16. The summed E-state index contributed by atoms with van der Waals surface area (Å²) in [6.45, 7) is 7.66. The minimum absolute atomic E-state index is 0. The smallest absolute Gasteiger partial charge is 0.222 e. The minimum Gasteiger partial charge on any atom is -0.356 e. The van der Waals surface area contributed by atoms with Gasteiger partial charge in [-0.3, -0.25) is 9.79 Å². The Kier molecular flexibility index (Phi) is 11.0. The molecule has 0 spiro atoms. The molecule has 1 fully saturated rings. The summed E-state index contributed by atoms with van der Waals surface area (Å²) in [5.41, 5.74) is 5.15. The lowest BCUT2D eigenvalue weighted by atomic mass is 10.0. The summed E-state index contributed by atoms with van der Waals surface area (Å²) >= 11 is 0. The normalized spacial score (nSPS) is 13.9. The van der Waals surface area contributed by atoms with Gasteiger partial charge in [-0.15, -0.1) is 24.0 Å². The Labute approximate surface area is 210 Å². The number of carbonyl (C=O) groups excluding carboxylic acids is 1. The molecule has 174 valence electrons. The van der Waals surface area contributed by atoms with Gasteiger partial charge in [0.05, 0.1) is 0 Å². The van der Waals surface area contributed by atoms with Crippen molar-refractivity contribution >= 4 is 35.8 Å². The average molecular weight is 549 g/mol. The highest BCUT2D eigenvalue weighted by atomic mass is 127. The van der Waals surface area contributed by atoms with Crippen LogP contribution in [0.1, 0.15) is 61.3 Å². The molecule has 1 aliphatic rings. The Morgan fingerprint density at radius 1 is 1.00 bits per heavy atom. The van der Waals surface area contributed by atoms with Crippen molar-refractivity contribution in [3.8, 4) is 0 Å². The number of guanidine groups is 1. The second-order valence-corrected chi connectivity index (χ2v) is 8.59. The number of likely N-dealkylation sites (tertiary alicyclic amines) is 1. The van der Waals surface area contributed by atoms with Gasteiger partial charge in [0.2, 0.25) is 5.91 Å². The van der Waals surface area contributed by atoms with Crippen molar-refractivity contribution in [1.82, 2.24) is 15.5 Å². The van der Waals surface area contributed by atoms with Crippen molar-refractivity contribution < 1.29 is 4.79 Å². The number of nitrogens with zero attached hydrogens (tertiary/aromatic N) is 2. The van der Waals surface area contributed by atoms with E-state index in [1.54, 1.807) is 7.05 Å². The van der Waals surface area contributed by atoms with Gasteiger partial charge in [-0.25, -0.2) is 0 Å². The van der Waals surface area contributed by atoms with E-state index in [0.717, 1.165) is 51.4 Å². The van der Waals surface area contributed by atoms with E-state index in [-0.39, 0.29) is 29.9 Å². The Hall–Kier alpha value is -2.09. The van der Waals surface area contributed by atoms with E-state index in [0.29, 0.717) is 12.3 Å². The van der Waals surface area contributed by atoms with Gasteiger partial charge in [0.15, 0.2) is 5.96 Å². The van der Waals surface area contributed by atoms with Gasteiger partial charge in [0, 0.05) is 39.6 Å². The van der Waals surface area contributed by atoms with Crippen LogP contribution in [-0.2, 0) is 24.3 Å². The average Bonchev–Trinajstić information content (AvgIpc) is 3.19. The lowest BCUT2D eigenvalue weighted by molar-refractivity contribution is -0.128. The van der Waals surface area contributed by atoms with E-state index < -0.39 is 0 Å². The van der Waals surface area contributed by atoms with Crippen molar-refractivity contribution in [2.75, 3.05) is 20.1 Å².